The lowest BCUT2D eigenvalue weighted by Gasteiger charge is -2.26. The summed E-state index contributed by atoms with van der Waals surface area (Å²) < 4.78 is 6.25. The van der Waals surface area contributed by atoms with Crippen molar-refractivity contribution in [2.75, 3.05) is 11.9 Å². The summed E-state index contributed by atoms with van der Waals surface area (Å²) in [7, 11) is 0. The van der Waals surface area contributed by atoms with Crippen LogP contribution in [0.5, 0.6) is 5.75 Å². The fraction of sp³-hybridized carbons (Fsp3) is 0.167. The molecule has 0 radical (unpaired) electrons. The van der Waals surface area contributed by atoms with Crippen molar-refractivity contribution in [1.82, 2.24) is 4.98 Å². The number of carbonyl (C=O) groups is 1. The molecule has 0 spiro atoms. The molecule has 0 atom stereocenters. The van der Waals surface area contributed by atoms with E-state index in [1.165, 1.54) is 29.0 Å². The number of nitrogens with zero attached hydrogens (tertiary/aromatic N) is 2. The van der Waals surface area contributed by atoms with Crippen molar-refractivity contribution < 1.29 is 14.5 Å². The SMILES string of the molecule is CC(C)(c1ccccc1)c1ccc(OCC(=O)Nc2nc3ccc([N+](=O)[O-])cc3s2)cc1. The number of nitro groups is 1. The number of nitro benzene ring substituents is 1. The smallest absolute Gasteiger partial charge is 0.270 e. The molecular weight excluding hydrogens is 426 g/mol. The molecule has 1 aromatic heterocycles. The van der Waals surface area contributed by atoms with E-state index in [2.05, 4.69) is 36.3 Å². The van der Waals surface area contributed by atoms with Crippen LogP contribution in [0.4, 0.5) is 10.8 Å². The first-order valence-corrected chi connectivity index (χ1v) is 10.8. The number of hydrogen-bond acceptors (Lipinski definition) is 6. The number of non-ortho nitro benzene ring substituents is 1. The highest BCUT2D eigenvalue weighted by atomic mass is 32.1. The first-order chi connectivity index (χ1) is 15.3. The molecule has 1 heterocycles. The number of thiazole rings is 1. The van der Waals surface area contributed by atoms with Crippen molar-refractivity contribution in [3.63, 3.8) is 0 Å². The summed E-state index contributed by atoms with van der Waals surface area (Å²) in [4.78, 5) is 27.0. The maximum absolute atomic E-state index is 12.3. The van der Waals surface area contributed by atoms with Gasteiger partial charge in [-0.3, -0.25) is 20.2 Å². The zero-order chi connectivity index (χ0) is 22.7. The maximum atomic E-state index is 12.3. The summed E-state index contributed by atoms with van der Waals surface area (Å²) in [5.74, 6) is 0.236. The van der Waals surface area contributed by atoms with Crippen molar-refractivity contribution in [3.05, 3.63) is 94.0 Å². The van der Waals surface area contributed by atoms with Gasteiger partial charge in [-0.2, -0.15) is 0 Å². The monoisotopic (exact) mass is 447 g/mol. The summed E-state index contributed by atoms with van der Waals surface area (Å²) in [6.45, 7) is 4.16. The Morgan fingerprint density at radius 3 is 2.44 bits per heavy atom. The molecule has 4 rings (SSSR count). The molecule has 7 nitrogen and oxygen atoms in total. The molecule has 0 aliphatic carbocycles. The van der Waals surface area contributed by atoms with Gasteiger partial charge in [0.1, 0.15) is 5.75 Å². The highest BCUT2D eigenvalue weighted by Crippen LogP contribution is 2.32. The van der Waals surface area contributed by atoms with Crippen molar-refractivity contribution in [3.8, 4) is 5.75 Å². The van der Waals surface area contributed by atoms with E-state index in [9.17, 15) is 14.9 Å². The molecule has 0 fully saturated rings. The number of carbonyl (C=O) groups excluding carboxylic acids is 1. The van der Waals surface area contributed by atoms with Gasteiger partial charge in [0.15, 0.2) is 11.7 Å². The van der Waals surface area contributed by atoms with Crippen LogP contribution >= 0.6 is 11.3 Å². The van der Waals surface area contributed by atoms with Gasteiger partial charge < -0.3 is 4.74 Å². The van der Waals surface area contributed by atoms with Gasteiger partial charge in [-0.25, -0.2) is 4.98 Å². The number of ether oxygens (including phenoxy) is 1. The summed E-state index contributed by atoms with van der Waals surface area (Å²) >= 11 is 1.18. The van der Waals surface area contributed by atoms with Gasteiger partial charge >= 0.3 is 0 Å². The van der Waals surface area contributed by atoms with E-state index in [-0.39, 0.29) is 23.6 Å². The number of hydrogen-bond donors (Lipinski definition) is 1. The van der Waals surface area contributed by atoms with E-state index in [0.29, 0.717) is 21.1 Å². The summed E-state index contributed by atoms with van der Waals surface area (Å²) in [6.07, 6.45) is 0. The molecule has 0 bridgehead atoms. The van der Waals surface area contributed by atoms with Crippen molar-refractivity contribution in [2.24, 2.45) is 0 Å². The molecule has 0 aliphatic rings. The molecule has 4 aromatic rings. The molecule has 1 amide bonds. The fourth-order valence-corrected chi connectivity index (χ4v) is 4.29. The van der Waals surface area contributed by atoms with E-state index in [0.717, 1.165) is 5.56 Å². The lowest BCUT2D eigenvalue weighted by atomic mass is 9.78. The molecule has 32 heavy (non-hydrogen) atoms. The van der Waals surface area contributed by atoms with Gasteiger partial charge in [0.05, 0.1) is 15.1 Å². The molecule has 0 unspecified atom stereocenters. The van der Waals surface area contributed by atoms with Crippen LogP contribution in [0, 0.1) is 10.1 Å². The third-order valence-electron chi connectivity index (χ3n) is 5.27. The van der Waals surface area contributed by atoms with Crippen LogP contribution in [-0.4, -0.2) is 22.4 Å². The Labute approximate surface area is 188 Å². The first-order valence-electron chi connectivity index (χ1n) is 9.96. The van der Waals surface area contributed by atoms with Gasteiger partial charge in [0, 0.05) is 17.5 Å². The van der Waals surface area contributed by atoms with Crippen molar-refractivity contribution >= 4 is 38.3 Å². The number of fused-ring (bicyclic) bond motifs is 1. The van der Waals surface area contributed by atoms with Gasteiger partial charge in [-0.05, 0) is 29.3 Å². The summed E-state index contributed by atoms with van der Waals surface area (Å²) in [5.41, 5.74) is 2.78. The second-order valence-electron chi connectivity index (χ2n) is 7.78. The molecule has 162 valence electrons. The minimum atomic E-state index is -0.461. The molecule has 0 aliphatic heterocycles. The molecule has 1 N–H and O–H groups in total. The van der Waals surface area contributed by atoms with Crippen LogP contribution in [0.25, 0.3) is 10.2 Å². The zero-order valence-corrected chi connectivity index (χ0v) is 18.4. The second kappa shape index (κ2) is 8.76. The third-order valence-corrected chi connectivity index (χ3v) is 6.20. The minimum Gasteiger partial charge on any atom is -0.484 e. The molecule has 8 heteroatoms. The average molecular weight is 448 g/mol. The van der Waals surface area contributed by atoms with Crippen molar-refractivity contribution in [1.29, 1.82) is 0 Å². The number of benzene rings is 3. The summed E-state index contributed by atoms with van der Waals surface area (Å²) in [5, 5.41) is 14.0. The van der Waals surface area contributed by atoms with Crippen LogP contribution < -0.4 is 10.1 Å². The number of nitrogens with one attached hydrogen (secondary N) is 1. The van der Waals surface area contributed by atoms with Crippen LogP contribution in [-0.2, 0) is 10.2 Å². The van der Waals surface area contributed by atoms with E-state index in [1.54, 1.807) is 6.07 Å². The van der Waals surface area contributed by atoms with Crippen LogP contribution in [0.1, 0.15) is 25.0 Å². The maximum Gasteiger partial charge on any atom is 0.270 e. The van der Waals surface area contributed by atoms with E-state index in [1.807, 2.05) is 42.5 Å². The Morgan fingerprint density at radius 1 is 1.06 bits per heavy atom. The van der Waals surface area contributed by atoms with Crippen LogP contribution in [0.3, 0.4) is 0 Å². The number of amides is 1. The highest BCUT2D eigenvalue weighted by Gasteiger charge is 2.22. The number of aromatic nitrogens is 1. The van der Waals surface area contributed by atoms with Gasteiger partial charge in [-0.15, -0.1) is 0 Å². The topological polar surface area (TPSA) is 94.4 Å². The molecular formula is C24H21N3O4S. The molecule has 3 aromatic carbocycles. The number of anilines is 1. The lowest BCUT2D eigenvalue weighted by Crippen LogP contribution is -2.20. The Balaban J connectivity index is 1.37. The van der Waals surface area contributed by atoms with E-state index in [4.69, 9.17) is 4.74 Å². The zero-order valence-electron chi connectivity index (χ0n) is 17.6. The quantitative estimate of drug-likeness (QED) is 0.296. The molecule has 0 saturated heterocycles. The van der Waals surface area contributed by atoms with Gasteiger partial charge in [0.25, 0.3) is 11.6 Å². The lowest BCUT2D eigenvalue weighted by molar-refractivity contribution is -0.384. The fourth-order valence-electron chi connectivity index (χ4n) is 3.37. The van der Waals surface area contributed by atoms with E-state index < -0.39 is 4.92 Å². The highest BCUT2D eigenvalue weighted by molar-refractivity contribution is 7.22. The predicted molar refractivity (Wildman–Crippen MR) is 125 cm³/mol. The summed E-state index contributed by atoms with van der Waals surface area (Å²) in [6, 6.07) is 22.4. The second-order valence-corrected chi connectivity index (χ2v) is 8.81. The van der Waals surface area contributed by atoms with Gasteiger partial charge in [-0.1, -0.05) is 67.6 Å². The Morgan fingerprint density at radius 2 is 1.75 bits per heavy atom. The first kappa shape index (κ1) is 21.5. The Kier molecular flexibility index (Phi) is 5.87. The molecule has 0 saturated carbocycles. The van der Waals surface area contributed by atoms with Crippen LogP contribution in [0.2, 0.25) is 0 Å². The average Bonchev–Trinajstić information content (AvgIpc) is 3.20. The predicted octanol–water partition coefficient (Wildman–Crippen LogP) is 5.55. The van der Waals surface area contributed by atoms with Crippen LogP contribution in [0.15, 0.2) is 72.8 Å². The largest absolute Gasteiger partial charge is 0.484 e. The standard InChI is InChI=1S/C24H21N3O4S/c1-24(2,16-6-4-3-5-7-16)17-8-11-19(12-9-17)31-15-22(28)26-23-25-20-13-10-18(27(29)30)14-21(20)32-23/h3-14H,15H2,1-2H3,(H,25,26,28). The third kappa shape index (κ3) is 4.60. The Hall–Kier alpha value is -3.78. The normalized spacial score (nSPS) is 11.3. The Bertz CT molecular complexity index is 1270. The van der Waals surface area contributed by atoms with Crippen molar-refractivity contribution in [2.45, 2.75) is 19.3 Å². The van der Waals surface area contributed by atoms with Gasteiger partial charge in [0.2, 0.25) is 0 Å². The van der Waals surface area contributed by atoms with E-state index >= 15 is 0 Å². The number of rotatable bonds is 7. The minimum absolute atomic E-state index is 0.0127.